The van der Waals surface area contributed by atoms with Gasteiger partial charge in [0.1, 0.15) is 11.8 Å². The van der Waals surface area contributed by atoms with Gasteiger partial charge in [-0.1, -0.05) is 0 Å². The summed E-state index contributed by atoms with van der Waals surface area (Å²) in [6.07, 6.45) is 1.06. The number of aryl methyl sites for hydroxylation is 1. The Morgan fingerprint density at radius 3 is 2.65 bits per heavy atom. The number of aromatic nitrogens is 1. The summed E-state index contributed by atoms with van der Waals surface area (Å²) >= 11 is 0. The van der Waals surface area contributed by atoms with Gasteiger partial charge >= 0.3 is 11.9 Å². The van der Waals surface area contributed by atoms with Crippen molar-refractivity contribution in [3.63, 3.8) is 0 Å². The van der Waals surface area contributed by atoms with Gasteiger partial charge in [0.25, 0.3) is 5.56 Å². The molecule has 3 N–H and O–H groups in total. The Morgan fingerprint density at radius 2 is 2.05 bits per heavy atom. The monoisotopic (exact) mass is 281 g/mol. The van der Waals surface area contributed by atoms with Gasteiger partial charge < -0.3 is 15.3 Å². The van der Waals surface area contributed by atoms with E-state index in [1.54, 1.807) is 0 Å². The third kappa shape index (κ3) is 2.52. The molecule has 1 aliphatic heterocycles. The van der Waals surface area contributed by atoms with Crippen molar-refractivity contribution in [2.45, 2.75) is 38.1 Å². The first-order valence-electron chi connectivity index (χ1n) is 6.32. The molecule has 2 rings (SSSR count). The fourth-order valence-corrected chi connectivity index (χ4v) is 2.54. The summed E-state index contributed by atoms with van der Waals surface area (Å²) in [5.74, 6) is -2.32. The normalized spacial score (nSPS) is 17.5. The van der Waals surface area contributed by atoms with Gasteiger partial charge in [-0.2, -0.15) is 0 Å². The molecule has 0 fully saturated rings. The van der Waals surface area contributed by atoms with Crippen LogP contribution >= 0.6 is 0 Å². The average Bonchev–Trinajstić information content (AvgIpc) is 2.40. The molecule has 0 bridgehead atoms. The van der Waals surface area contributed by atoms with Gasteiger partial charge in [0.15, 0.2) is 0 Å². The zero-order valence-corrected chi connectivity index (χ0v) is 10.7. The van der Waals surface area contributed by atoms with Gasteiger partial charge in [-0.05, 0) is 31.7 Å². The van der Waals surface area contributed by atoms with E-state index < -0.39 is 23.5 Å². The van der Waals surface area contributed by atoms with Crippen LogP contribution in [-0.4, -0.2) is 31.8 Å². The molecule has 20 heavy (non-hydrogen) atoms. The van der Waals surface area contributed by atoms with Crippen molar-refractivity contribution < 1.29 is 24.9 Å². The van der Waals surface area contributed by atoms with Crippen LogP contribution in [0.25, 0.3) is 0 Å². The van der Waals surface area contributed by atoms with Gasteiger partial charge in [0.05, 0.1) is 5.69 Å². The van der Waals surface area contributed by atoms with Crippen molar-refractivity contribution >= 4 is 11.9 Å². The van der Waals surface area contributed by atoms with Crippen LogP contribution in [-0.2, 0) is 22.4 Å². The summed E-state index contributed by atoms with van der Waals surface area (Å²) in [6, 6.07) is 0.253. The highest BCUT2D eigenvalue weighted by Gasteiger charge is 2.29. The van der Waals surface area contributed by atoms with Crippen LogP contribution in [0.2, 0.25) is 0 Å². The Balaban J connectivity index is 2.52. The third-order valence-corrected chi connectivity index (χ3v) is 3.49. The fourth-order valence-electron chi connectivity index (χ4n) is 2.54. The lowest BCUT2D eigenvalue weighted by atomic mass is 9.98. The Hall–Kier alpha value is -2.31. The molecule has 0 radical (unpaired) electrons. The molecule has 1 aromatic heterocycles. The molecule has 0 amide bonds. The lowest BCUT2D eigenvalue weighted by Crippen LogP contribution is -2.36. The van der Waals surface area contributed by atoms with E-state index in [0.29, 0.717) is 25.0 Å². The minimum absolute atomic E-state index is 0.0334. The standard InChI is InChI=1S/C13H15NO6/c15-10-6-7(4-5-11(16)17)12(18)14-8(10)2-1-3-9(14)13(19)20/h6,9,15H,1-5H2,(H,16,17)(H,19,20)/t9-/m0/s1. The van der Waals surface area contributed by atoms with E-state index in [9.17, 15) is 24.6 Å². The van der Waals surface area contributed by atoms with Gasteiger partial charge in [-0.25, -0.2) is 4.79 Å². The molecule has 7 nitrogen and oxygen atoms in total. The van der Waals surface area contributed by atoms with Crippen LogP contribution in [0.3, 0.4) is 0 Å². The predicted octanol–water partition coefficient (Wildman–Crippen LogP) is 0.533. The third-order valence-electron chi connectivity index (χ3n) is 3.49. The lowest BCUT2D eigenvalue weighted by Gasteiger charge is -2.26. The molecule has 0 aromatic carbocycles. The van der Waals surface area contributed by atoms with Gasteiger partial charge in [-0.3, -0.25) is 14.2 Å². The SMILES string of the molecule is O=C(O)CCc1cc(O)c2n(c1=O)[C@H](C(=O)O)CCC2. The van der Waals surface area contributed by atoms with E-state index in [0.717, 1.165) is 4.57 Å². The fraction of sp³-hybridized carbons (Fsp3) is 0.462. The number of hydrogen-bond donors (Lipinski definition) is 3. The van der Waals surface area contributed by atoms with Crippen LogP contribution in [0.15, 0.2) is 10.9 Å². The van der Waals surface area contributed by atoms with E-state index in [-0.39, 0.29) is 24.2 Å². The molecule has 0 saturated heterocycles. The first-order valence-corrected chi connectivity index (χ1v) is 6.32. The molecule has 1 aliphatic rings. The Labute approximate surface area is 114 Å². The topological polar surface area (TPSA) is 117 Å². The maximum atomic E-state index is 12.3. The molecule has 0 saturated carbocycles. The van der Waals surface area contributed by atoms with Gasteiger partial charge in [-0.15, -0.1) is 0 Å². The molecule has 1 aromatic rings. The average molecular weight is 281 g/mol. The maximum absolute atomic E-state index is 12.3. The Morgan fingerprint density at radius 1 is 1.35 bits per heavy atom. The minimum atomic E-state index is -1.12. The van der Waals surface area contributed by atoms with E-state index >= 15 is 0 Å². The smallest absolute Gasteiger partial charge is 0.326 e. The number of carbonyl (C=O) groups is 2. The van der Waals surface area contributed by atoms with E-state index in [4.69, 9.17) is 5.11 Å². The summed E-state index contributed by atoms with van der Waals surface area (Å²) in [4.78, 5) is 34.1. The second-order valence-corrected chi connectivity index (χ2v) is 4.82. The molecule has 2 heterocycles. The molecule has 0 unspecified atom stereocenters. The van der Waals surface area contributed by atoms with Gasteiger partial charge in [0, 0.05) is 12.0 Å². The van der Waals surface area contributed by atoms with Crippen molar-refractivity contribution in [3.8, 4) is 5.75 Å². The Kier molecular flexibility index (Phi) is 3.78. The number of aromatic hydroxyl groups is 1. The lowest BCUT2D eigenvalue weighted by molar-refractivity contribution is -0.141. The number of hydrogen-bond acceptors (Lipinski definition) is 4. The summed E-state index contributed by atoms with van der Waals surface area (Å²) in [6.45, 7) is 0. The zero-order valence-electron chi connectivity index (χ0n) is 10.7. The quantitative estimate of drug-likeness (QED) is 0.741. The van der Waals surface area contributed by atoms with Crippen LogP contribution in [0.5, 0.6) is 5.75 Å². The summed E-state index contributed by atoms with van der Waals surface area (Å²) in [5.41, 5.74) is -0.0827. The number of rotatable bonds is 4. The van der Waals surface area contributed by atoms with E-state index in [2.05, 4.69) is 0 Å². The second-order valence-electron chi connectivity index (χ2n) is 4.82. The van der Waals surface area contributed by atoms with E-state index in [1.807, 2.05) is 0 Å². The zero-order chi connectivity index (χ0) is 14.9. The largest absolute Gasteiger partial charge is 0.506 e. The molecular formula is C13H15NO6. The molecule has 108 valence electrons. The molecule has 7 heteroatoms. The summed E-state index contributed by atoms with van der Waals surface area (Å²) < 4.78 is 1.10. The number of aliphatic carboxylic acids is 2. The molecule has 0 aliphatic carbocycles. The molecule has 1 atom stereocenters. The second kappa shape index (κ2) is 5.36. The summed E-state index contributed by atoms with van der Waals surface area (Å²) in [7, 11) is 0. The number of pyridine rings is 1. The number of carboxylic acid groups (broad SMARTS) is 2. The number of carboxylic acids is 2. The van der Waals surface area contributed by atoms with Crippen molar-refractivity contribution in [3.05, 3.63) is 27.7 Å². The van der Waals surface area contributed by atoms with E-state index in [1.165, 1.54) is 6.07 Å². The first kappa shape index (κ1) is 14.1. The Bertz CT molecular complexity index is 618. The van der Waals surface area contributed by atoms with Crippen molar-refractivity contribution in [2.75, 3.05) is 0 Å². The highest BCUT2D eigenvalue weighted by molar-refractivity contribution is 5.72. The first-order chi connectivity index (χ1) is 9.41. The van der Waals surface area contributed by atoms with Crippen LogP contribution in [0, 0.1) is 0 Å². The van der Waals surface area contributed by atoms with Crippen molar-refractivity contribution in [1.29, 1.82) is 0 Å². The summed E-state index contributed by atoms with van der Waals surface area (Å²) in [5, 5.41) is 27.7. The highest BCUT2D eigenvalue weighted by atomic mass is 16.4. The maximum Gasteiger partial charge on any atom is 0.326 e. The number of nitrogens with zero attached hydrogens (tertiary/aromatic N) is 1. The van der Waals surface area contributed by atoms with Crippen LogP contribution in [0.4, 0.5) is 0 Å². The minimum Gasteiger partial charge on any atom is -0.506 e. The van der Waals surface area contributed by atoms with Crippen LogP contribution in [0.1, 0.15) is 36.6 Å². The van der Waals surface area contributed by atoms with Crippen LogP contribution < -0.4 is 5.56 Å². The van der Waals surface area contributed by atoms with Crippen molar-refractivity contribution in [2.24, 2.45) is 0 Å². The van der Waals surface area contributed by atoms with Gasteiger partial charge in [0.2, 0.25) is 0 Å². The molecule has 0 spiro atoms. The molecular weight excluding hydrogens is 266 g/mol. The number of fused-ring (bicyclic) bond motifs is 1. The highest BCUT2D eigenvalue weighted by Crippen LogP contribution is 2.29. The predicted molar refractivity (Wildman–Crippen MR) is 67.9 cm³/mol. The van der Waals surface area contributed by atoms with Crippen molar-refractivity contribution in [1.82, 2.24) is 4.57 Å².